The summed E-state index contributed by atoms with van der Waals surface area (Å²) in [5.41, 5.74) is 2.78. The van der Waals surface area contributed by atoms with Crippen LogP contribution >= 0.6 is 11.6 Å². The first kappa shape index (κ1) is 30.7. The highest BCUT2D eigenvalue weighted by molar-refractivity contribution is 7.93. The lowest BCUT2D eigenvalue weighted by Crippen LogP contribution is -2.17. The third kappa shape index (κ3) is 6.96. The molecule has 0 heterocycles. The number of benzene rings is 4. The molecule has 0 spiro atoms. The standard InChI is InChI=1S/C29H28ClN3O7S2/c1-18-5-7-22(15-19(18)2)32-42(37,38)28-16-20(6-13-25(28)30)29(34)31-21-8-11-24(12-9-21)41(35,36)33-26-17-23(39-3)10-14-27(26)40-4/h5-17,32-33H,1-4H3,(H,31,34). The number of hydrogen-bond donors (Lipinski definition) is 3. The Labute approximate surface area is 249 Å². The zero-order valence-electron chi connectivity index (χ0n) is 23.1. The van der Waals surface area contributed by atoms with Gasteiger partial charge in [-0.2, -0.15) is 0 Å². The van der Waals surface area contributed by atoms with Gasteiger partial charge in [-0.3, -0.25) is 14.2 Å². The highest BCUT2D eigenvalue weighted by Crippen LogP contribution is 2.31. The maximum absolute atomic E-state index is 13.1. The number of methoxy groups -OCH3 is 2. The molecule has 0 saturated heterocycles. The Bertz CT molecular complexity index is 1860. The van der Waals surface area contributed by atoms with Crippen molar-refractivity contribution in [2.45, 2.75) is 23.6 Å². The van der Waals surface area contributed by atoms with Crippen LogP contribution in [0.4, 0.5) is 17.1 Å². The zero-order chi connectivity index (χ0) is 30.7. The number of ether oxygens (including phenoxy) is 2. The zero-order valence-corrected chi connectivity index (χ0v) is 25.4. The summed E-state index contributed by atoms with van der Waals surface area (Å²) < 4.78 is 67.5. The SMILES string of the molecule is COc1ccc(OC)c(NS(=O)(=O)c2ccc(NC(=O)c3ccc(Cl)c(S(=O)(=O)Nc4ccc(C)c(C)c4)c3)cc2)c1. The number of nitrogens with one attached hydrogen (secondary N) is 3. The molecule has 0 unspecified atom stereocenters. The maximum Gasteiger partial charge on any atom is 0.263 e. The van der Waals surface area contributed by atoms with Crippen molar-refractivity contribution < 1.29 is 31.1 Å². The largest absolute Gasteiger partial charge is 0.497 e. The van der Waals surface area contributed by atoms with Crippen LogP contribution < -0.4 is 24.2 Å². The van der Waals surface area contributed by atoms with Crippen LogP contribution in [0.15, 0.2) is 88.7 Å². The van der Waals surface area contributed by atoms with E-state index < -0.39 is 26.0 Å². The van der Waals surface area contributed by atoms with Gasteiger partial charge in [0.05, 0.1) is 29.8 Å². The highest BCUT2D eigenvalue weighted by Gasteiger charge is 2.22. The monoisotopic (exact) mass is 629 g/mol. The number of halogens is 1. The lowest BCUT2D eigenvalue weighted by atomic mass is 10.1. The fourth-order valence-electron chi connectivity index (χ4n) is 3.88. The number of anilines is 3. The second-order valence-electron chi connectivity index (χ2n) is 9.20. The quantitative estimate of drug-likeness (QED) is 0.201. The van der Waals surface area contributed by atoms with Gasteiger partial charge in [0, 0.05) is 23.0 Å². The summed E-state index contributed by atoms with van der Waals surface area (Å²) >= 11 is 6.19. The molecule has 42 heavy (non-hydrogen) atoms. The van der Waals surface area contributed by atoms with E-state index in [4.69, 9.17) is 21.1 Å². The predicted octanol–water partition coefficient (Wildman–Crippen LogP) is 5.83. The second kappa shape index (κ2) is 12.3. The van der Waals surface area contributed by atoms with E-state index in [-0.39, 0.29) is 31.8 Å². The summed E-state index contributed by atoms with van der Waals surface area (Å²) in [5, 5.41) is 2.57. The van der Waals surface area contributed by atoms with Crippen LogP contribution in [0, 0.1) is 13.8 Å². The molecule has 220 valence electrons. The number of amides is 1. The Kier molecular flexibility index (Phi) is 9.00. The molecule has 0 aliphatic heterocycles. The molecular formula is C29H28ClN3O7S2. The number of carbonyl (C=O) groups excluding carboxylic acids is 1. The smallest absolute Gasteiger partial charge is 0.263 e. The number of hydrogen-bond acceptors (Lipinski definition) is 7. The van der Waals surface area contributed by atoms with Crippen LogP contribution in [-0.4, -0.2) is 37.0 Å². The van der Waals surface area contributed by atoms with Gasteiger partial charge in [-0.15, -0.1) is 0 Å². The van der Waals surface area contributed by atoms with Gasteiger partial charge in [0.15, 0.2) is 0 Å². The van der Waals surface area contributed by atoms with E-state index in [0.29, 0.717) is 17.2 Å². The van der Waals surface area contributed by atoms with Gasteiger partial charge in [0.25, 0.3) is 26.0 Å². The first-order chi connectivity index (χ1) is 19.8. The molecule has 0 saturated carbocycles. The molecule has 0 atom stereocenters. The van der Waals surface area contributed by atoms with Gasteiger partial charge in [-0.05, 0) is 91.7 Å². The Morgan fingerprint density at radius 1 is 0.714 bits per heavy atom. The molecule has 13 heteroatoms. The van der Waals surface area contributed by atoms with E-state index >= 15 is 0 Å². The second-order valence-corrected chi connectivity index (χ2v) is 12.9. The van der Waals surface area contributed by atoms with Crippen molar-refractivity contribution in [3.63, 3.8) is 0 Å². The fourth-order valence-corrected chi connectivity index (χ4v) is 6.52. The topological polar surface area (TPSA) is 140 Å². The third-order valence-corrected chi connectivity index (χ3v) is 9.56. The number of rotatable bonds is 10. The minimum Gasteiger partial charge on any atom is -0.497 e. The summed E-state index contributed by atoms with van der Waals surface area (Å²) in [6, 6.07) is 19.1. The van der Waals surface area contributed by atoms with Gasteiger partial charge in [0.2, 0.25) is 0 Å². The van der Waals surface area contributed by atoms with E-state index in [1.807, 2.05) is 13.8 Å². The van der Waals surface area contributed by atoms with Gasteiger partial charge in [-0.1, -0.05) is 17.7 Å². The van der Waals surface area contributed by atoms with Crippen molar-refractivity contribution in [3.05, 3.63) is 101 Å². The summed E-state index contributed by atoms with van der Waals surface area (Å²) in [6.07, 6.45) is 0. The van der Waals surface area contributed by atoms with E-state index in [1.165, 1.54) is 62.8 Å². The number of sulfonamides is 2. The Morgan fingerprint density at radius 3 is 2.05 bits per heavy atom. The van der Waals surface area contributed by atoms with Crippen molar-refractivity contribution >= 4 is 54.6 Å². The average Bonchev–Trinajstić information content (AvgIpc) is 2.95. The van der Waals surface area contributed by atoms with Gasteiger partial charge in [-0.25, -0.2) is 16.8 Å². The number of aryl methyl sites for hydroxylation is 2. The third-order valence-electron chi connectivity index (χ3n) is 6.32. The Hall–Kier alpha value is -4.26. The van der Waals surface area contributed by atoms with Crippen LogP contribution in [0.5, 0.6) is 11.5 Å². The molecule has 4 aromatic rings. The van der Waals surface area contributed by atoms with Crippen molar-refractivity contribution in [1.82, 2.24) is 0 Å². The molecule has 1 amide bonds. The van der Waals surface area contributed by atoms with E-state index in [9.17, 15) is 21.6 Å². The molecule has 0 bridgehead atoms. The lowest BCUT2D eigenvalue weighted by Gasteiger charge is -2.14. The van der Waals surface area contributed by atoms with Crippen LogP contribution in [-0.2, 0) is 20.0 Å². The molecule has 3 N–H and O–H groups in total. The Morgan fingerprint density at radius 2 is 1.40 bits per heavy atom. The minimum absolute atomic E-state index is 0.0309. The Balaban J connectivity index is 1.51. The first-order valence-electron chi connectivity index (χ1n) is 12.4. The van der Waals surface area contributed by atoms with Gasteiger partial charge < -0.3 is 14.8 Å². The molecule has 4 rings (SSSR count). The summed E-state index contributed by atoms with van der Waals surface area (Å²) in [4.78, 5) is 12.6. The van der Waals surface area contributed by atoms with Gasteiger partial charge in [0.1, 0.15) is 16.4 Å². The predicted molar refractivity (Wildman–Crippen MR) is 163 cm³/mol. The average molecular weight is 630 g/mol. The van der Waals surface area contributed by atoms with Crippen molar-refractivity contribution in [2.24, 2.45) is 0 Å². The summed E-state index contributed by atoms with van der Waals surface area (Å²) in [5.74, 6) is 0.117. The normalized spacial score (nSPS) is 11.5. The molecule has 0 aromatic heterocycles. The van der Waals surface area contributed by atoms with Crippen LogP contribution in [0.1, 0.15) is 21.5 Å². The van der Waals surface area contributed by atoms with Crippen LogP contribution in [0.25, 0.3) is 0 Å². The van der Waals surface area contributed by atoms with Gasteiger partial charge >= 0.3 is 0 Å². The molecule has 0 fully saturated rings. The van der Waals surface area contributed by atoms with Crippen molar-refractivity contribution in [1.29, 1.82) is 0 Å². The van der Waals surface area contributed by atoms with Crippen molar-refractivity contribution in [3.8, 4) is 11.5 Å². The lowest BCUT2D eigenvalue weighted by molar-refractivity contribution is 0.102. The fraction of sp³-hybridized carbons (Fsp3) is 0.138. The van der Waals surface area contributed by atoms with Crippen LogP contribution in [0.3, 0.4) is 0 Å². The van der Waals surface area contributed by atoms with Crippen molar-refractivity contribution in [2.75, 3.05) is 29.0 Å². The van der Waals surface area contributed by atoms with E-state index in [2.05, 4.69) is 14.8 Å². The first-order valence-corrected chi connectivity index (χ1v) is 15.7. The summed E-state index contributed by atoms with van der Waals surface area (Å²) in [6.45, 7) is 3.77. The minimum atomic E-state index is -4.11. The molecule has 10 nitrogen and oxygen atoms in total. The molecule has 0 aliphatic rings. The van der Waals surface area contributed by atoms with E-state index in [0.717, 1.165) is 11.1 Å². The maximum atomic E-state index is 13.1. The summed E-state index contributed by atoms with van der Waals surface area (Å²) in [7, 11) is -5.25. The number of carbonyl (C=O) groups is 1. The van der Waals surface area contributed by atoms with E-state index in [1.54, 1.807) is 30.3 Å². The molecule has 0 radical (unpaired) electrons. The highest BCUT2D eigenvalue weighted by atomic mass is 35.5. The molecular weight excluding hydrogens is 602 g/mol. The molecule has 0 aliphatic carbocycles. The molecule has 4 aromatic carbocycles. The van der Waals surface area contributed by atoms with Crippen LogP contribution in [0.2, 0.25) is 5.02 Å².